The fraction of sp³-hybridized carbons (Fsp3) is 0.588. The normalized spacial score (nSPS) is 17.6. The van der Waals surface area contributed by atoms with Crippen molar-refractivity contribution < 1.29 is 14.3 Å². The Labute approximate surface area is 125 Å². The van der Waals surface area contributed by atoms with Gasteiger partial charge in [0.15, 0.2) is 0 Å². The summed E-state index contributed by atoms with van der Waals surface area (Å²) in [5.41, 5.74) is 1.60. The van der Waals surface area contributed by atoms with E-state index in [-0.39, 0.29) is 18.3 Å². The zero-order valence-electron chi connectivity index (χ0n) is 12.6. The maximum Gasteiger partial charge on any atom is 0.304 e. The summed E-state index contributed by atoms with van der Waals surface area (Å²) >= 11 is 0. The summed E-state index contributed by atoms with van der Waals surface area (Å²) in [5.74, 6) is -1.00. The molecule has 0 spiro atoms. The van der Waals surface area contributed by atoms with Crippen molar-refractivity contribution in [3.8, 4) is 0 Å². The zero-order chi connectivity index (χ0) is 15.2. The average molecular weight is 293 g/mol. The van der Waals surface area contributed by atoms with E-state index in [0.29, 0.717) is 18.0 Å². The lowest BCUT2D eigenvalue weighted by molar-refractivity contribution is -0.137. The molecule has 0 amide bonds. The van der Waals surface area contributed by atoms with Crippen LogP contribution in [0.15, 0.2) is 18.2 Å². The molecule has 1 unspecified atom stereocenters. The zero-order valence-corrected chi connectivity index (χ0v) is 12.6. The van der Waals surface area contributed by atoms with Crippen molar-refractivity contribution in [1.29, 1.82) is 0 Å². The lowest BCUT2D eigenvalue weighted by atomic mass is 9.93. The summed E-state index contributed by atoms with van der Waals surface area (Å²) in [6, 6.07) is 5.36. The minimum Gasteiger partial charge on any atom is -0.481 e. The summed E-state index contributed by atoms with van der Waals surface area (Å²) in [4.78, 5) is 11.1. The Kier molecular flexibility index (Phi) is 5.74. The molecule has 1 aromatic carbocycles. The van der Waals surface area contributed by atoms with Crippen LogP contribution in [0.5, 0.6) is 0 Å². The predicted molar refractivity (Wildman–Crippen MR) is 80.9 cm³/mol. The van der Waals surface area contributed by atoms with Crippen LogP contribution in [0.2, 0.25) is 0 Å². The quantitative estimate of drug-likeness (QED) is 0.844. The minimum atomic E-state index is -0.790. The summed E-state index contributed by atoms with van der Waals surface area (Å²) in [6.07, 6.45) is 6.69. The molecule has 0 saturated heterocycles. The highest BCUT2D eigenvalue weighted by Gasteiger charge is 2.20. The number of carboxylic acid groups (broad SMARTS) is 1. The lowest BCUT2D eigenvalue weighted by Gasteiger charge is -2.28. The number of carbonyl (C=O) groups is 1. The van der Waals surface area contributed by atoms with Crippen LogP contribution in [0, 0.1) is 12.7 Å². The Morgan fingerprint density at radius 3 is 2.71 bits per heavy atom. The largest absolute Gasteiger partial charge is 0.481 e. The van der Waals surface area contributed by atoms with Crippen molar-refractivity contribution >= 4 is 5.97 Å². The van der Waals surface area contributed by atoms with E-state index in [1.165, 1.54) is 25.3 Å². The number of hydrogen-bond donors (Lipinski definition) is 2. The number of nitrogens with one attached hydrogen (secondary N) is 1. The number of aliphatic carboxylic acids is 1. The first-order valence-electron chi connectivity index (χ1n) is 7.77. The molecular formula is C17H24FNO2. The maximum atomic E-state index is 13.3. The van der Waals surface area contributed by atoms with E-state index in [2.05, 4.69) is 5.32 Å². The SMILES string of the molecule is Cc1cc(CC(CC(=O)O)NC2CCCCC2)ccc1F. The van der Waals surface area contributed by atoms with Gasteiger partial charge in [-0.2, -0.15) is 0 Å². The average Bonchev–Trinajstić information content (AvgIpc) is 2.43. The third kappa shape index (κ3) is 5.12. The summed E-state index contributed by atoms with van der Waals surface area (Å²) in [6.45, 7) is 1.74. The van der Waals surface area contributed by atoms with Gasteiger partial charge in [0, 0.05) is 12.1 Å². The highest BCUT2D eigenvalue weighted by molar-refractivity contribution is 5.67. The van der Waals surface area contributed by atoms with Gasteiger partial charge in [-0.15, -0.1) is 0 Å². The third-order valence-electron chi connectivity index (χ3n) is 4.20. The van der Waals surface area contributed by atoms with Gasteiger partial charge in [-0.3, -0.25) is 4.79 Å². The van der Waals surface area contributed by atoms with Gasteiger partial charge in [-0.25, -0.2) is 4.39 Å². The summed E-state index contributed by atoms with van der Waals surface area (Å²) in [5, 5.41) is 12.6. The van der Waals surface area contributed by atoms with Gasteiger partial charge in [0.2, 0.25) is 0 Å². The molecule has 1 aromatic rings. The molecule has 0 heterocycles. The number of hydrogen-bond acceptors (Lipinski definition) is 2. The second kappa shape index (κ2) is 7.55. The number of carboxylic acids is 1. The van der Waals surface area contributed by atoms with Crippen LogP contribution >= 0.6 is 0 Å². The maximum absolute atomic E-state index is 13.3. The molecule has 0 bridgehead atoms. The number of benzene rings is 1. The predicted octanol–water partition coefficient (Wildman–Crippen LogP) is 3.44. The van der Waals surface area contributed by atoms with Crippen LogP contribution in [0.4, 0.5) is 4.39 Å². The van der Waals surface area contributed by atoms with Crippen molar-refractivity contribution in [3.05, 3.63) is 35.1 Å². The summed E-state index contributed by atoms with van der Waals surface area (Å²) < 4.78 is 13.3. The molecule has 116 valence electrons. The van der Waals surface area contributed by atoms with E-state index in [0.717, 1.165) is 18.4 Å². The molecule has 2 N–H and O–H groups in total. The Hall–Kier alpha value is -1.42. The van der Waals surface area contributed by atoms with Crippen molar-refractivity contribution in [1.82, 2.24) is 5.32 Å². The van der Waals surface area contributed by atoms with E-state index >= 15 is 0 Å². The lowest BCUT2D eigenvalue weighted by Crippen LogP contribution is -2.42. The second-order valence-corrected chi connectivity index (χ2v) is 6.08. The Balaban J connectivity index is 2.00. The van der Waals surface area contributed by atoms with Crippen LogP contribution in [-0.2, 0) is 11.2 Å². The van der Waals surface area contributed by atoms with Crippen LogP contribution in [0.25, 0.3) is 0 Å². The van der Waals surface area contributed by atoms with Crippen LogP contribution in [0.1, 0.15) is 49.7 Å². The van der Waals surface area contributed by atoms with Gasteiger partial charge in [0.25, 0.3) is 0 Å². The van der Waals surface area contributed by atoms with Gasteiger partial charge < -0.3 is 10.4 Å². The first-order valence-corrected chi connectivity index (χ1v) is 7.77. The van der Waals surface area contributed by atoms with Crippen molar-refractivity contribution in [2.24, 2.45) is 0 Å². The molecule has 1 saturated carbocycles. The molecule has 1 aliphatic rings. The monoisotopic (exact) mass is 293 g/mol. The van der Waals surface area contributed by atoms with E-state index in [1.54, 1.807) is 13.0 Å². The number of halogens is 1. The first kappa shape index (κ1) is 16.0. The van der Waals surface area contributed by atoms with Gasteiger partial charge >= 0.3 is 5.97 Å². The van der Waals surface area contributed by atoms with Gasteiger partial charge in [0.05, 0.1) is 6.42 Å². The molecular weight excluding hydrogens is 269 g/mol. The molecule has 4 heteroatoms. The molecule has 21 heavy (non-hydrogen) atoms. The second-order valence-electron chi connectivity index (χ2n) is 6.08. The molecule has 1 fully saturated rings. The van der Waals surface area contributed by atoms with E-state index < -0.39 is 5.97 Å². The van der Waals surface area contributed by atoms with Crippen molar-refractivity contribution in [3.63, 3.8) is 0 Å². The highest BCUT2D eigenvalue weighted by atomic mass is 19.1. The van der Waals surface area contributed by atoms with Crippen LogP contribution in [0.3, 0.4) is 0 Å². The molecule has 2 rings (SSSR count). The first-order chi connectivity index (χ1) is 10.0. The molecule has 0 aliphatic heterocycles. The number of rotatable bonds is 6. The molecule has 3 nitrogen and oxygen atoms in total. The Bertz CT molecular complexity index is 484. The van der Waals surface area contributed by atoms with Crippen molar-refractivity contribution in [2.75, 3.05) is 0 Å². The standard InChI is InChI=1S/C17H24FNO2/c1-12-9-13(7-8-16(12)18)10-15(11-17(20)21)19-14-5-3-2-4-6-14/h7-9,14-15,19H,2-6,10-11H2,1H3,(H,20,21). The molecule has 1 aliphatic carbocycles. The van der Waals surface area contributed by atoms with E-state index in [9.17, 15) is 9.18 Å². The fourth-order valence-corrected chi connectivity index (χ4v) is 3.12. The molecule has 0 aromatic heterocycles. The van der Waals surface area contributed by atoms with Crippen molar-refractivity contribution in [2.45, 2.75) is 64.0 Å². The van der Waals surface area contributed by atoms with Gasteiger partial charge in [-0.1, -0.05) is 31.4 Å². The van der Waals surface area contributed by atoms with Crippen LogP contribution < -0.4 is 5.32 Å². The molecule has 0 radical (unpaired) electrons. The fourth-order valence-electron chi connectivity index (χ4n) is 3.12. The highest BCUT2D eigenvalue weighted by Crippen LogP contribution is 2.19. The minimum absolute atomic E-state index is 0.0875. The smallest absolute Gasteiger partial charge is 0.304 e. The molecule has 1 atom stereocenters. The topological polar surface area (TPSA) is 49.3 Å². The Morgan fingerprint density at radius 2 is 2.10 bits per heavy atom. The van der Waals surface area contributed by atoms with Gasteiger partial charge in [0.1, 0.15) is 5.82 Å². The third-order valence-corrected chi connectivity index (χ3v) is 4.20. The Morgan fingerprint density at radius 1 is 1.38 bits per heavy atom. The van der Waals surface area contributed by atoms with E-state index in [1.807, 2.05) is 6.07 Å². The number of aryl methyl sites for hydroxylation is 1. The van der Waals surface area contributed by atoms with Crippen LogP contribution in [-0.4, -0.2) is 23.2 Å². The van der Waals surface area contributed by atoms with E-state index in [4.69, 9.17) is 5.11 Å². The van der Waals surface area contributed by atoms with Gasteiger partial charge in [-0.05, 0) is 43.4 Å². The summed E-state index contributed by atoms with van der Waals surface area (Å²) in [7, 11) is 0.